The molecule has 0 saturated heterocycles. The topological polar surface area (TPSA) is 96.0 Å². The minimum atomic E-state index is -4.13. The first-order chi connectivity index (χ1) is 20.2. The van der Waals surface area contributed by atoms with Gasteiger partial charge in [0.15, 0.2) is 0 Å². The standard InChI is InChI=1S/C32H38ClN3O5S/c1-3-30(32(38)34-26-10-6-4-7-11-26)35(22-24-14-20-28(41-2)21-15-24)31(37)23-36(27-18-16-25(33)17-19-27)42(39,40)29-12-8-5-9-13-29/h5,8-9,12-21,26,30H,3-4,6-7,10-11,22-23H2,1-2H3,(H,34,38)/t30-/m0/s1. The number of nitrogens with one attached hydrogen (secondary N) is 1. The monoisotopic (exact) mass is 611 g/mol. The molecule has 0 spiro atoms. The van der Waals surface area contributed by atoms with E-state index in [1.165, 1.54) is 17.0 Å². The Bertz CT molecular complexity index is 1430. The zero-order chi connectivity index (χ0) is 30.1. The zero-order valence-corrected chi connectivity index (χ0v) is 25.6. The quantitative estimate of drug-likeness (QED) is 0.279. The van der Waals surface area contributed by atoms with Gasteiger partial charge in [0.05, 0.1) is 17.7 Å². The first-order valence-corrected chi connectivity index (χ1v) is 16.1. The summed E-state index contributed by atoms with van der Waals surface area (Å²) in [7, 11) is -2.55. The molecule has 2 amide bonds. The highest BCUT2D eigenvalue weighted by Gasteiger charge is 2.34. The minimum Gasteiger partial charge on any atom is -0.497 e. The summed E-state index contributed by atoms with van der Waals surface area (Å²) in [6.45, 7) is 1.48. The SMILES string of the molecule is CC[C@@H](C(=O)NC1CCCCC1)N(Cc1ccc(OC)cc1)C(=O)CN(c1ccc(Cl)cc1)S(=O)(=O)c1ccccc1. The molecule has 1 aliphatic rings. The van der Waals surface area contributed by atoms with Crippen molar-refractivity contribution in [2.45, 2.75) is 69.0 Å². The van der Waals surface area contributed by atoms with Crippen LogP contribution in [0.15, 0.2) is 83.8 Å². The molecule has 3 aromatic carbocycles. The zero-order valence-electron chi connectivity index (χ0n) is 24.0. The molecule has 1 N–H and O–H groups in total. The molecule has 1 saturated carbocycles. The van der Waals surface area contributed by atoms with Crippen LogP contribution in [0.2, 0.25) is 5.02 Å². The molecule has 0 unspecified atom stereocenters. The number of sulfonamides is 1. The number of nitrogens with zero attached hydrogens (tertiary/aromatic N) is 2. The molecule has 3 aromatic rings. The lowest BCUT2D eigenvalue weighted by Gasteiger charge is -2.34. The summed E-state index contributed by atoms with van der Waals surface area (Å²) < 4.78 is 34.1. The molecule has 1 aliphatic carbocycles. The highest BCUT2D eigenvalue weighted by Crippen LogP contribution is 2.26. The number of benzene rings is 3. The number of methoxy groups -OCH3 is 1. The van der Waals surface area contributed by atoms with Crippen LogP contribution in [0.3, 0.4) is 0 Å². The number of carbonyl (C=O) groups is 2. The van der Waals surface area contributed by atoms with Gasteiger partial charge in [-0.25, -0.2) is 8.42 Å². The number of carbonyl (C=O) groups excluding carboxylic acids is 2. The molecule has 1 atom stereocenters. The molecular weight excluding hydrogens is 574 g/mol. The third-order valence-electron chi connectivity index (χ3n) is 7.57. The fourth-order valence-corrected chi connectivity index (χ4v) is 6.81. The third kappa shape index (κ3) is 7.83. The predicted octanol–water partition coefficient (Wildman–Crippen LogP) is 5.80. The van der Waals surface area contributed by atoms with Crippen molar-refractivity contribution in [2.24, 2.45) is 0 Å². The number of rotatable bonds is 12. The van der Waals surface area contributed by atoms with Gasteiger partial charge >= 0.3 is 0 Å². The van der Waals surface area contributed by atoms with Crippen LogP contribution >= 0.6 is 11.6 Å². The van der Waals surface area contributed by atoms with Gasteiger partial charge in [-0.3, -0.25) is 13.9 Å². The fraction of sp³-hybridized carbons (Fsp3) is 0.375. The Labute approximate surface area is 253 Å². The Morgan fingerprint density at radius 2 is 1.60 bits per heavy atom. The molecule has 42 heavy (non-hydrogen) atoms. The average molecular weight is 612 g/mol. The second kappa shape index (κ2) is 14.6. The van der Waals surface area contributed by atoms with Crippen molar-refractivity contribution in [1.29, 1.82) is 0 Å². The number of halogens is 1. The van der Waals surface area contributed by atoms with Gasteiger partial charge in [-0.05, 0) is 73.4 Å². The first-order valence-electron chi connectivity index (χ1n) is 14.3. The smallest absolute Gasteiger partial charge is 0.264 e. The van der Waals surface area contributed by atoms with Crippen LogP contribution in [0, 0.1) is 0 Å². The van der Waals surface area contributed by atoms with Crippen molar-refractivity contribution < 1.29 is 22.7 Å². The number of ether oxygens (including phenoxy) is 1. The Morgan fingerprint density at radius 3 is 2.19 bits per heavy atom. The molecule has 10 heteroatoms. The van der Waals surface area contributed by atoms with Gasteiger partial charge in [0.25, 0.3) is 10.0 Å². The molecule has 0 radical (unpaired) electrons. The molecular formula is C32H38ClN3O5S. The lowest BCUT2D eigenvalue weighted by atomic mass is 9.95. The van der Waals surface area contributed by atoms with Crippen LogP contribution in [0.5, 0.6) is 5.75 Å². The average Bonchev–Trinajstić information content (AvgIpc) is 3.01. The van der Waals surface area contributed by atoms with Gasteiger partial charge in [0, 0.05) is 17.6 Å². The van der Waals surface area contributed by atoms with Crippen molar-refractivity contribution in [3.8, 4) is 5.75 Å². The van der Waals surface area contributed by atoms with Crippen LogP contribution in [0.25, 0.3) is 0 Å². The number of amides is 2. The van der Waals surface area contributed by atoms with E-state index >= 15 is 0 Å². The van der Waals surface area contributed by atoms with Gasteiger partial charge in [-0.15, -0.1) is 0 Å². The van der Waals surface area contributed by atoms with Crippen LogP contribution in [-0.2, 0) is 26.2 Å². The van der Waals surface area contributed by atoms with Gasteiger partial charge in [-0.2, -0.15) is 0 Å². The normalized spacial score (nSPS) is 14.5. The van der Waals surface area contributed by atoms with E-state index in [1.54, 1.807) is 61.7 Å². The molecule has 0 heterocycles. The lowest BCUT2D eigenvalue weighted by Crippen LogP contribution is -2.54. The molecule has 224 valence electrons. The molecule has 4 rings (SSSR count). The van der Waals surface area contributed by atoms with Gasteiger partial charge in [0.2, 0.25) is 11.8 Å². The second-order valence-corrected chi connectivity index (χ2v) is 12.7. The van der Waals surface area contributed by atoms with Crippen LogP contribution in [0.1, 0.15) is 51.0 Å². The van der Waals surface area contributed by atoms with E-state index in [-0.39, 0.29) is 23.4 Å². The van der Waals surface area contributed by atoms with E-state index in [0.717, 1.165) is 42.0 Å². The van der Waals surface area contributed by atoms with Crippen LogP contribution < -0.4 is 14.4 Å². The van der Waals surface area contributed by atoms with Gasteiger partial charge in [0.1, 0.15) is 18.3 Å². The summed E-state index contributed by atoms with van der Waals surface area (Å²) in [4.78, 5) is 29.3. The maximum Gasteiger partial charge on any atom is 0.264 e. The summed E-state index contributed by atoms with van der Waals surface area (Å²) in [6.07, 6.45) is 5.46. The Balaban J connectivity index is 1.69. The Morgan fingerprint density at radius 1 is 0.952 bits per heavy atom. The second-order valence-electron chi connectivity index (χ2n) is 10.4. The van der Waals surface area contributed by atoms with Gasteiger partial charge < -0.3 is 15.0 Å². The Kier molecular flexibility index (Phi) is 10.9. The lowest BCUT2D eigenvalue weighted by molar-refractivity contribution is -0.140. The number of hydrogen-bond donors (Lipinski definition) is 1. The van der Waals surface area contributed by atoms with E-state index in [2.05, 4.69) is 5.32 Å². The van der Waals surface area contributed by atoms with Crippen LogP contribution in [0.4, 0.5) is 5.69 Å². The highest BCUT2D eigenvalue weighted by atomic mass is 35.5. The fourth-order valence-electron chi connectivity index (χ4n) is 5.25. The summed E-state index contributed by atoms with van der Waals surface area (Å²) >= 11 is 6.09. The molecule has 8 nitrogen and oxygen atoms in total. The minimum absolute atomic E-state index is 0.0523. The number of anilines is 1. The largest absolute Gasteiger partial charge is 0.497 e. The molecule has 0 aromatic heterocycles. The Hall–Kier alpha value is -3.56. The third-order valence-corrected chi connectivity index (χ3v) is 9.61. The maximum absolute atomic E-state index is 14.2. The van der Waals surface area contributed by atoms with E-state index in [4.69, 9.17) is 16.3 Å². The van der Waals surface area contributed by atoms with Crippen molar-refractivity contribution in [3.63, 3.8) is 0 Å². The molecule has 1 fully saturated rings. The summed E-state index contributed by atoms with van der Waals surface area (Å²) in [5, 5.41) is 3.60. The van der Waals surface area contributed by atoms with Crippen molar-refractivity contribution in [1.82, 2.24) is 10.2 Å². The summed E-state index contributed by atoms with van der Waals surface area (Å²) in [6, 6.07) is 20.8. The van der Waals surface area contributed by atoms with E-state index in [0.29, 0.717) is 22.9 Å². The first kappa shape index (κ1) is 31.4. The molecule has 0 bridgehead atoms. The molecule has 0 aliphatic heterocycles. The van der Waals surface area contributed by atoms with E-state index < -0.39 is 28.5 Å². The van der Waals surface area contributed by atoms with Crippen molar-refractivity contribution in [3.05, 3.63) is 89.4 Å². The van der Waals surface area contributed by atoms with E-state index in [1.807, 2.05) is 19.1 Å². The highest BCUT2D eigenvalue weighted by molar-refractivity contribution is 7.92. The van der Waals surface area contributed by atoms with Gasteiger partial charge in [-0.1, -0.05) is 68.1 Å². The maximum atomic E-state index is 14.2. The van der Waals surface area contributed by atoms with E-state index in [9.17, 15) is 18.0 Å². The summed E-state index contributed by atoms with van der Waals surface area (Å²) in [5.41, 5.74) is 1.08. The van der Waals surface area contributed by atoms with Crippen molar-refractivity contribution in [2.75, 3.05) is 18.0 Å². The van der Waals surface area contributed by atoms with Crippen molar-refractivity contribution >= 4 is 39.1 Å². The van der Waals surface area contributed by atoms with Crippen LogP contribution in [-0.4, -0.2) is 50.9 Å². The predicted molar refractivity (Wildman–Crippen MR) is 165 cm³/mol. The summed E-state index contributed by atoms with van der Waals surface area (Å²) in [5.74, 6) is -0.0530. The number of hydrogen-bond acceptors (Lipinski definition) is 5.